The quantitative estimate of drug-likeness (QED) is 0.562. The zero-order valence-electron chi connectivity index (χ0n) is 20.0. The molecule has 0 radical (unpaired) electrons. The van der Waals surface area contributed by atoms with E-state index in [2.05, 4.69) is 17.0 Å². The molecule has 7 nitrogen and oxygen atoms in total. The fraction of sp³-hybridized carbons (Fsp3) is 0.444. The molecule has 0 aromatic heterocycles. The topological polar surface area (TPSA) is 70.2 Å². The molecular weight excluding hydrogens is 430 g/mol. The van der Waals surface area contributed by atoms with Gasteiger partial charge in [-0.05, 0) is 23.6 Å². The number of aryl methyl sites for hydroxylation is 1. The first-order valence-corrected chi connectivity index (χ1v) is 11.9. The van der Waals surface area contributed by atoms with Crippen molar-refractivity contribution in [1.29, 1.82) is 0 Å². The molecule has 0 unspecified atom stereocenters. The Kier molecular flexibility index (Phi) is 7.44. The molecule has 0 N–H and O–H groups in total. The van der Waals surface area contributed by atoms with Crippen molar-refractivity contribution in [1.82, 2.24) is 14.7 Å². The summed E-state index contributed by atoms with van der Waals surface area (Å²) >= 11 is 0. The van der Waals surface area contributed by atoms with Crippen LogP contribution in [0.3, 0.4) is 0 Å². The van der Waals surface area contributed by atoms with Gasteiger partial charge in [-0.25, -0.2) is 0 Å². The van der Waals surface area contributed by atoms with E-state index in [0.717, 1.165) is 30.8 Å². The van der Waals surface area contributed by atoms with Gasteiger partial charge in [0.15, 0.2) is 0 Å². The molecule has 3 amide bonds. The van der Waals surface area contributed by atoms with Crippen LogP contribution in [0, 0.1) is 6.92 Å². The van der Waals surface area contributed by atoms with Crippen molar-refractivity contribution in [3.05, 3.63) is 71.3 Å². The first-order valence-electron chi connectivity index (χ1n) is 11.9. The van der Waals surface area contributed by atoms with Crippen LogP contribution < -0.4 is 0 Å². The molecule has 180 valence electrons. The van der Waals surface area contributed by atoms with E-state index in [1.165, 1.54) is 10.5 Å². The van der Waals surface area contributed by atoms with Crippen molar-refractivity contribution in [3.8, 4) is 0 Å². The smallest absolute Gasteiger partial charge is 0.240 e. The summed E-state index contributed by atoms with van der Waals surface area (Å²) in [5, 5.41) is 0. The number of rotatable bonds is 8. The molecule has 2 fully saturated rings. The Morgan fingerprint density at radius 2 is 1.65 bits per heavy atom. The standard InChI is InChI=1S/C27H33N3O4/c1-21-8-6-7-11-23(21)27(19-25(32)30(26(27)33)16-17-34-2)18-24(31)29-14-12-28(13-15-29)20-22-9-4-3-5-10-22/h3-11H,12-20H2,1-2H3/t27-/m1/s1. The van der Waals surface area contributed by atoms with Crippen molar-refractivity contribution >= 4 is 17.7 Å². The van der Waals surface area contributed by atoms with Crippen molar-refractivity contribution < 1.29 is 19.1 Å². The zero-order chi connectivity index (χ0) is 24.1. The maximum absolute atomic E-state index is 13.6. The van der Waals surface area contributed by atoms with Crippen LogP contribution in [0.5, 0.6) is 0 Å². The fourth-order valence-corrected chi connectivity index (χ4v) is 5.13. The molecule has 34 heavy (non-hydrogen) atoms. The van der Waals surface area contributed by atoms with Crippen molar-refractivity contribution in [2.75, 3.05) is 46.4 Å². The number of likely N-dealkylation sites (tertiary alicyclic amines) is 1. The summed E-state index contributed by atoms with van der Waals surface area (Å²) < 4.78 is 5.10. The van der Waals surface area contributed by atoms with Gasteiger partial charge in [-0.15, -0.1) is 0 Å². The third kappa shape index (κ3) is 4.91. The number of nitrogens with zero attached hydrogens (tertiary/aromatic N) is 3. The average molecular weight is 464 g/mol. The average Bonchev–Trinajstić information content (AvgIpc) is 3.08. The maximum atomic E-state index is 13.6. The minimum Gasteiger partial charge on any atom is -0.383 e. The minimum absolute atomic E-state index is 0.00456. The summed E-state index contributed by atoms with van der Waals surface area (Å²) in [6, 6.07) is 17.9. The molecule has 0 bridgehead atoms. The summed E-state index contributed by atoms with van der Waals surface area (Å²) in [4.78, 5) is 45.5. The Balaban J connectivity index is 1.49. The first kappa shape index (κ1) is 24.1. The molecule has 2 saturated heterocycles. The van der Waals surface area contributed by atoms with E-state index in [1.807, 2.05) is 54.3 Å². The highest BCUT2D eigenvalue weighted by molar-refractivity contribution is 6.11. The summed E-state index contributed by atoms with van der Waals surface area (Å²) in [7, 11) is 1.54. The van der Waals surface area contributed by atoms with Crippen LogP contribution in [-0.4, -0.2) is 78.9 Å². The van der Waals surface area contributed by atoms with Gasteiger partial charge in [0.05, 0.1) is 18.6 Å². The normalized spacial score (nSPS) is 21.4. The van der Waals surface area contributed by atoms with Crippen molar-refractivity contribution in [2.24, 2.45) is 0 Å². The molecule has 2 aromatic carbocycles. The Morgan fingerprint density at radius 1 is 0.971 bits per heavy atom. The molecule has 7 heteroatoms. The van der Waals surface area contributed by atoms with Gasteiger partial charge in [-0.1, -0.05) is 54.6 Å². The van der Waals surface area contributed by atoms with Gasteiger partial charge in [0.1, 0.15) is 0 Å². The Morgan fingerprint density at radius 3 is 2.32 bits per heavy atom. The molecule has 2 aromatic rings. The second kappa shape index (κ2) is 10.5. The van der Waals surface area contributed by atoms with Gasteiger partial charge >= 0.3 is 0 Å². The summed E-state index contributed by atoms with van der Waals surface area (Å²) in [5.74, 6) is -0.608. The van der Waals surface area contributed by atoms with E-state index in [-0.39, 0.29) is 43.7 Å². The van der Waals surface area contributed by atoms with Gasteiger partial charge < -0.3 is 9.64 Å². The number of carbonyl (C=O) groups is 3. The second-order valence-corrected chi connectivity index (χ2v) is 9.24. The fourth-order valence-electron chi connectivity index (χ4n) is 5.13. The van der Waals surface area contributed by atoms with Crippen LogP contribution in [0.1, 0.15) is 29.5 Å². The molecular formula is C27H33N3O4. The Bertz CT molecular complexity index is 1030. The molecule has 0 aliphatic carbocycles. The number of hydrogen-bond acceptors (Lipinski definition) is 5. The second-order valence-electron chi connectivity index (χ2n) is 9.24. The van der Waals surface area contributed by atoms with Gasteiger partial charge in [-0.2, -0.15) is 0 Å². The predicted molar refractivity (Wildman–Crippen MR) is 129 cm³/mol. The highest BCUT2D eigenvalue weighted by atomic mass is 16.5. The largest absolute Gasteiger partial charge is 0.383 e. The number of methoxy groups -OCH3 is 1. The third-order valence-electron chi connectivity index (χ3n) is 7.02. The lowest BCUT2D eigenvalue weighted by molar-refractivity contribution is -0.143. The van der Waals surface area contributed by atoms with Crippen LogP contribution in [0.15, 0.2) is 54.6 Å². The summed E-state index contributed by atoms with van der Waals surface area (Å²) in [6.45, 7) is 6.06. The number of benzene rings is 2. The van der Waals surface area contributed by atoms with Crippen LogP contribution in [0.25, 0.3) is 0 Å². The number of amides is 3. The van der Waals surface area contributed by atoms with E-state index < -0.39 is 5.41 Å². The summed E-state index contributed by atoms with van der Waals surface area (Å²) in [5.41, 5.74) is 1.78. The minimum atomic E-state index is -1.16. The number of hydrogen-bond donors (Lipinski definition) is 0. The van der Waals surface area contributed by atoms with Crippen LogP contribution in [-0.2, 0) is 31.1 Å². The number of carbonyl (C=O) groups excluding carboxylic acids is 3. The van der Waals surface area contributed by atoms with Crippen LogP contribution in [0.4, 0.5) is 0 Å². The van der Waals surface area contributed by atoms with E-state index in [9.17, 15) is 14.4 Å². The zero-order valence-corrected chi connectivity index (χ0v) is 20.0. The van der Waals surface area contributed by atoms with Crippen LogP contribution >= 0.6 is 0 Å². The number of ether oxygens (including phenoxy) is 1. The molecule has 1 atom stereocenters. The summed E-state index contributed by atoms with van der Waals surface area (Å²) in [6.07, 6.45) is 0.0186. The molecule has 2 aliphatic heterocycles. The van der Waals surface area contributed by atoms with Gasteiger partial charge in [0.25, 0.3) is 0 Å². The lowest BCUT2D eigenvalue weighted by Gasteiger charge is -2.37. The van der Waals surface area contributed by atoms with E-state index >= 15 is 0 Å². The van der Waals surface area contributed by atoms with Crippen molar-refractivity contribution in [2.45, 2.75) is 31.7 Å². The molecule has 4 rings (SSSR count). The molecule has 2 heterocycles. The monoisotopic (exact) mass is 463 g/mol. The lowest BCUT2D eigenvalue weighted by Crippen LogP contribution is -2.50. The Hall–Kier alpha value is -3.03. The highest BCUT2D eigenvalue weighted by Crippen LogP contribution is 2.41. The lowest BCUT2D eigenvalue weighted by atomic mass is 9.74. The molecule has 0 spiro atoms. The molecule has 0 saturated carbocycles. The Labute approximate surface area is 201 Å². The highest BCUT2D eigenvalue weighted by Gasteiger charge is 2.54. The van der Waals surface area contributed by atoms with Crippen LogP contribution in [0.2, 0.25) is 0 Å². The predicted octanol–water partition coefficient (Wildman–Crippen LogP) is 2.37. The van der Waals surface area contributed by atoms with Gasteiger partial charge in [0.2, 0.25) is 17.7 Å². The van der Waals surface area contributed by atoms with E-state index in [1.54, 1.807) is 7.11 Å². The molecule has 2 aliphatic rings. The third-order valence-corrected chi connectivity index (χ3v) is 7.02. The first-order chi connectivity index (χ1) is 16.4. The van der Waals surface area contributed by atoms with E-state index in [4.69, 9.17) is 4.74 Å². The number of imide groups is 1. The SMILES string of the molecule is COCCN1C(=O)C[C@](CC(=O)N2CCN(Cc3ccccc3)CC2)(c2ccccc2C)C1=O. The van der Waals surface area contributed by atoms with Crippen molar-refractivity contribution in [3.63, 3.8) is 0 Å². The van der Waals surface area contributed by atoms with E-state index in [0.29, 0.717) is 13.1 Å². The van der Waals surface area contributed by atoms with Gasteiger partial charge in [-0.3, -0.25) is 24.2 Å². The van der Waals surface area contributed by atoms with Gasteiger partial charge in [0, 0.05) is 52.7 Å². The maximum Gasteiger partial charge on any atom is 0.240 e. The number of piperazine rings is 1.